The Bertz CT molecular complexity index is 718. The number of nitrogens with one attached hydrogen (secondary N) is 1. The average Bonchev–Trinajstić information content (AvgIpc) is 2.56. The molecule has 1 atom stereocenters. The first-order valence-corrected chi connectivity index (χ1v) is 7.41. The smallest absolute Gasteiger partial charge is 0.408 e. The summed E-state index contributed by atoms with van der Waals surface area (Å²) >= 11 is 0. The Morgan fingerprint density at radius 1 is 1.21 bits per heavy atom. The summed E-state index contributed by atoms with van der Waals surface area (Å²) in [6, 6.07) is 12.2. The van der Waals surface area contributed by atoms with Crippen molar-refractivity contribution in [2.45, 2.75) is 26.0 Å². The Hall–Kier alpha value is -2.89. The van der Waals surface area contributed by atoms with E-state index in [4.69, 9.17) is 4.74 Å². The lowest BCUT2D eigenvalue weighted by atomic mass is 10.0. The number of rotatable bonds is 6. The topological polar surface area (TPSA) is 75.6 Å². The van der Waals surface area contributed by atoms with Crippen LogP contribution in [0.15, 0.2) is 48.5 Å². The molecule has 24 heavy (non-hydrogen) atoms. The first-order chi connectivity index (χ1) is 11.5. The highest BCUT2D eigenvalue weighted by Crippen LogP contribution is 2.13. The summed E-state index contributed by atoms with van der Waals surface area (Å²) in [6.07, 6.45) is -1.03. The molecule has 0 saturated carbocycles. The van der Waals surface area contributed by atoms with Crippen molar-refractivity contribution in [3.05, 3.63) is 71.0 Å². The van der Waals surface area contributed by atoms with E-state index in [0.29, 0.717) is 0 Å². The second kappa shape index (κ2) is 8.10. The van der Waals surface area contributed by atoms with Crippen molar-refractivity contribution in [2.75, 3.05) is 0 Å². The fourth-order valence-electron chi connectivity index (χ4n) is 2.19. The Labute approximate surface area is 139 Å². The van der Waals surface area contributed by atoms with E-state index in [0.717, 1.165) is 11.1 Å². The molecular formula is C18H18FNO4. The zero-order valence-corrected chi connectivity index (χ0v) is 13.2. The van der Waals surface area contributed by atoms with Crippen LogP contribution < -0.4 is 5.32 Å². The number of carbonyl (C=O) groups is 2. The molecule has 0 fully saturated rings. The van der Waals surface area contributed by atoms with Crippen LogP contribution in [0.5, 0.6) is 0 Å². The number of ether oxygens (including phenoxy) is 1. The lowest BCUT2D eigenvalue weighted by Crippen LogP contribution is -2.42. The molecule has 2 aromatic carbocycles. The Morgan fingerprint density at radius 3 is 2.58 bits per heavy atom. The number of alkyl carbamates (subject to hydrolysis) is 1. The number of amides is 1. The van der Waals surface area contributed by atoms with Gasteiger partial charge >= 0.3 is 12.1 Å². The number of benzene rings is 2. The van der Waals surface area contributed by atoms with Crippen molar-refractivity contribution in [1.29, 1.82) is 0 Å². The minimum atomic E-state index is -1.27. The molecule has 2 aromatic rings. The second-order valence-electron chi connectivity index (χ2n) is 5.40. The quantitative estimate of drug-likeness (QED) is 0.853. The summed E-state index contributed by atoms with van der Waals surface area (Å²) < 4.78 is 18.8. The lowest BCUT2D eigenvalue weighted by Gasteiger charge is -2.15. The molecule has 0 heterocycles. The van der Waals surface area contributed by atoms with Crippen molar-refractivity contribution < 1.29 is 23.8 Å². The number of carbonyl (C=O) groups excluding carboxylic acids is 1. The lowest BCUT2D eigenvalue weighted by molar-refractivity contribution is -0.139. The van der Waals surface area contributed by atoms with Crippen LogP contribution in [0.25, 0.3) is 0 Å². The summed E-state index contributed by atoms with van der Waals surface area (Å²) in [5, 5.41) is 11.5. The van der Waals surface area contributed by atoms with Crippen molar-refractivity contribution in [1.82, 2.24) is 5.32 Å². The van der Waals surface area contributed by atoms with Crippen LogP contribution in [0.1, 0.15) is 16.7 Å². The normalized spacial score (nSPS) is 11.6. The highest BCUT2D eigenvalue weighted by Gasteiger charge is 2.22. The highest BCUT2D eigenvalue weighted by atomic mass is 19.1. The fraction of sp³-hybridized carbons (Fsp3) is 0.222. The van der Waals surface area contributed by atoms with Crippen molar-refractivity contribution >= 4 is 12.1 Å². The third-order valence-corrected chi connectivity index (χ3v) is 3.43. The van der Waals surface area contributed by atoms with E-state index in [1.54, 1.807) is 43.3 Å². The van der Waals surface area contributed by atoms with Crippen LogP contribution in [0.2, 0.25) is 0 Å². The van der Waals surface area contributed by atoms with Gasteiger partial charge in [-0.15, -0.1) is 0 Å². The summed E-state index contributed by atoms with van der Waals surface area (Å²) in [5.74, 6) is -1.76. The molecular weight excluding hydrogens is 313 g/mol. The zero-order valence-electron chi connectivity index (χ0n) is 13.2. The van der Waals surface area contributed by atoms with E-state index in [9.17, 15) is 19.1 Å². The first-order valence-electron chi connectivity index (χ1n) is 7.41. The predicted octanol–water partition coefficient (Wildman–Crippen LogP) is 3.06. The Balaban J connectivity index is 1.96. The third kappa shape index (κ3) is 5.08. The van der Waals surface area contributed by atoms with Crippen molar-refractivity contribution in [3.63, 3.8) is 0 Å². The molecule has 0 spiro atoms. The molecule has 0 aliphatic rings. The SMILES string of the molecule is Cc1ccc(F)c(CC(NC(=O)OCc2ccccc2)C(=O)O)c1. The van der Waals surface area contributed by atoms with Gasteiger partial charge in [0.25, 0.3) is 0 Å². The van der Waals surface area contributed by atoms with E-state index < -0.39 is 23.9 Å². The highest BCUT2D eigenvalue weighted by molar-refractivity contribution is 5.80. The number of aryl methyl sites for hydroxylation is 1. The molecule has 0 aromatic heterocycles. The van der Waals surface area contributed by atoms with Crippen LogP contribution in [-0.2, 0) is 22.6 Å². The van der Waals surface area contributed by atoms with E-state index >= 15 is 0 Å². The molecule has 0 aliphatic carbocycles. The number of hydrogen-bond acceptors (Lipinski definition) is 3. The van der Waals surface area contributed by atoms with Gasteiger partial charge in [0.15, 0.2) is 0 Å². The Morgan fingerprint density at radius 2 is 1.92 bits per heavy atom. The molecule has 126 valence electrons. The van der Waals surface area contributed by atoms with Gasteiger partial charge in [-0.3, -0.25) is 0 Å². The number of halogens is 1. The molecule has 0 saturated heterocycles. The van der Waals surface area contributed by atoms with Crippen LogP contribution in [0, 0.1) is 12.7 Å². The van der Waals surface area contributed by atoms with E-state index in [1.165, 1.54) is 6.07 Å². The van der Waals surface area contributed by atoms with Gasteiger partial charge in [-0.05, 0) is 24.1 Å². The van der Waals surface area contributed by atoms with Crippen molar-refractivity contribution in [3.8, 4) is 0 Å². The minimum Gasteiger partial charge on any atom is -0.480 e. The Kier molecular flexibility index (Phi) is 5.89. The zero-order chi connectivity index (χ0) is 17.5. The van der Waals surface area contributed by atoms with Crippen molar-refractivity contribution in [2.24, 2.45) is 0 Å². The van der Waals surface area contributed by atoms with Crippen LogP contribution in [0.4, 0.5) is 9.18 Å². The summed E-state index contributed by atoms with van der Waals surface area (Å²) in [6.45, 7) is 1.80. The third-order valence-electron chi connectivity index (χ3n) is 3.43. The van der Waals surface area contributed by atoms with Gasteiger partial charge in [0.05, 0.1) is 0 Å². The molecule has 0 radical (unpaired) electrons. The molecule has 0 bridgehead atoms. The van der Waals surface area contributed by atoms with Gasteiger partial charge in [-0.25, -0.2) is 14.0 Å². The number of aliphatic carboxylic acids is 1. The van der Waals surface area contributed by atoms with Crippen LogP contribution in [0.3, 0.4) is 0 Å². The molecule has 1 amide bonds. The minimum absolute atomic E-state index is 0.0256. The average molecular weight is 331 g/mol. The van der Waals surface area contributed by atoms with Crippen LogP contribution in [-0.4, -0.2) is 23.2 Å². The van der Waals surface area contributed by atoms with Gasteiger partial charge in [-0.2, -0.15) is 0 Å². The maximum Gasteiger partial charge on any atom is 0.408 e. The molecule has 0 aliphatic heterocycles. The molecule has 2 N–H and O–H groups in total. The van der Waals surface area contributed by atoms with Gasteiger partial charge in [0.1, 0.15) is 18.5 Å². The molecule has 2 rings (SSSR count). The number of carboxylic acid groups (broad SMARTS) is 1. The molecule has 6 heteroatoms. The number of hydrogen-bond donors (Lipinski definition) is 2. The monoisotopic (exact) mass is 331 g/mol. The summed E-state index contributed by atoms with van der Waals surface area (Å²) in [7, 11) is 0. The number of carboxylic acids is 1. The standard InChI is InChI=1S/C18H18FNO4/c1-12-7-8-15(19)14(9-12)10-16(17(21)22)20-18(23)24-11-13-5-3-2-4-6-13/h2-9,16H,10-11H2,1H3,(H,20,23)(H,21,22). The fourth-order valence-corrected chi connectivity index (χ4v) is 2.19. The first kappa shape index (κ1) is 17.5. The van der Waals surface area contributed by atoms with E-state index in [-0.39, 0.29) is 18.6 Å². The van der Waals surface area contributed by atoms with E-state index in [1.807, 2.05) is 6.07 Å². The summed E-state index contributed by atoms with van der Waals surface area (Å²) in [4.78, 5) is 23.1. The van der Waals surface area contributed by atoms with Gasteiger partial charge < -0.3 is 15.2 Å². The van der Waals surface area contributed by atoms with Gasteiger partial charge in [0.2, 0.25) is 0 Å². The second-order valence-corrected chi connectivity index (χ2v) is 5.40. The predicted molar refractivity (Wildman–Crippen MR) is 86.0 cm³/mol. The largest absolute Gasteiger partial charge is 0.480 e. The van der Waals surface area contributed by atoms with E-state index in [2.05, 4.69) is 5.32 Å². The maximum absolute atomic E-state index is 13.8. The van der Waals surface area contributed by atoms with Crippen LogP contribution >= 0.6 is 0 Å². The molecule has 5 nitrogen and oxygen atoms in total. The maximum atomic E-state index is 13.8. The van der Waals surface area contributed by atoms with Gasteiger partial charge in [0, 0.05) is 6.42 Å². The van der Waals surface area contributed by atoms with Gasteiger partial charge in [-0.1, -0.05) is 48.0 Å². The summed E-state index contributed by atoms with van der Waals surface area (Å²) in [5.41, 5.74) is 1.82. The molecule has 1 unspecified atom stereocenters.